The van der Waals surface area contributed by atoms with E-state index in [1.165, 1.54) is 4.24 Å². The van der Waals surface area contributed by atoms with E-state index >= 15 is 0 Å². The first-order chi connectivity index (χ1) is 4.79. The third-order valence-corrected chi connectivity index (χ3v) is 3.26. The quantitative estimate of drug-likeness (QED) is 0.597. The van der Waals surface area contributed by atoms with Gasteiger partial charge in [0.25, 0.3) is 0 Å². The van der Waals surface area contributed by atoms with Gasteiger partial charge in [-0.1, -0.05) is 25.3 Å². The van der Waals surface area contributed by atoms with Gasteiger partial charge in [-0.2, -0.15) is 0 Å². The fourth-order valence-electron chi connectivity index (χ4n) is 0.569. The number of allylic oxidation sites excluding steroid dienone is 3. The lowest BCUT2D eigenvalue weighted by Crippen LogP contribution is -1.74. The van der Waals surface area contributed by atoms with Crippen LogP contribution in [0.1, 0.15) is 0 Å². The summed E-state index contributed by atoms with van der Waals surface area (Å²) in [7, 11) is 0. The Balaban J connectivity index is 4.50. The van der Waals surface area contributed by atoms with Crippen LogP contribution in [0.2, 0.25) is 0 Å². The van der Waals surface area contributed by atoms with Crippen LogP contribution in [0.3, 0.4) is 0 Å². The molecule has 0 saturated heterocycles. The van der Waals surface area contributed by atoms with Gasteiger partial charge in [0.2, 0.25) is 0 Å². The molecule has 0 aromatic carbocycles. The van der Waals surface area contributed by atoms with Gasteiger partial charge in [-0.3, -0.25) is 0 Å². The summed E-state index contributed by atoms with van der Waals surface area (Å²) in [6.07, 6.45) is 7.77. The minimum atomic E-state index is 1.12. The van der Waals surface area contributed by atoms with Gasteiger partial charge >= 0.3 is 0 Å². The molecule has 0 atom stereocenters. The molecule has 0 saturated carbocycles. The van der Waals surface area contributed by atoms with Crippen molar-refractivity contribution in [3.8, 4) is 0 Å². The summed E-state index contributed by atoms with van der Waals surface area (Å²) in [5.74, 6) is 0. The Labute approximate surface area is 71.5 Å². The molecule has 0 aromatic heterocycles. The normalized spacial score (nSPS) is 8.60. The minimum absolute atomic E-state index is 1.12. The predicted octanol–water partition coefficient (Wildman–Crippen LogP) is 3.30. The first kappa shape index (κ1) is 9.92. The van der Waals surface area contributed by atoms with E-state index in [1.807, 2.05) is 12.2 Å². The molecule has 0 radical (unpaired) electrons. The van der Waals surface area contributed by atoms with Gasteiger partial charge in [0, 0.05) is 4.24 Å². The van der Waals surface area contributed by atoms with Gasteiger partial charge in [-0.15, -0.1) is 23.5 Å². The SMILES string of the molecule is C=CC(C=C)=C(SC)SC. The highest BCUT2D eigenvalue weighted by molar-refractivity contribution is 8.21. The van der Waals surface area contributed by atoms with Crippen LogP contribution in [-0.2, 0) is 0 Å². The third-order valence-electron chi connectivity index (χ3n) is 1.05. The molecule has 0 aliphatic rings. The molecular weight excluding hydrogens is 160 g/mol. The van der Waals surface area contributed by atoms with Crippen molar-refractivity contribution in [2.24, 2.45) is 0 Å². The largest absolute Gasteiger partial charge is 0.122 e. The third kappa shape index (κ3) is 2.67. The maximum absolute atomic E-state index is 3.69. The van der Waals surface area contributed by atoms with Crippen LogP contribution in [0.15, 0.2) is 35.1 Å². The molecule has 0 nitrogen and oxygen atoms in total. The van der Waals surface area contributed by atoms with Gasteiger partial charge in [0.05, 0.1) is 0 Å². The predicted molar refractivity (Wildman–Crippen MR) is 54.5 cm³/mol. The second-order valence-electron chi connectivity index (χ2n) is 1.56. The topological polar surface area (TPSA) is 0 Å². The average molecular weight is 172 g/mol. The van der Waals surface area contributed by atoms with Crippen LogP contribution < -0.4 is 0 Å². The van der Waals surface area contributed by atoms with Gasteiger partial charge in [-0.25, -0.2) is 0 Å². The number of hydrogen-bond acceptors (Lipinski definition) is 2. The highest BCUT2D eigenvalue weighted by Crippen LogP contribution is 2.28. The Morgan fingerprint density at radius 2 is 1.50 bits per heavy atom. The molecule has 0 heterocycles. The van der Waals surface area contributed by atoms with E-state index in [-0.39, 0.29) is 0 Å². The summed E-state index contributed by atoms with van der Waals surface area (Å²) < 4.78 is 1.27. The molecule has 0 fully saturated rings. The van der Waals surface area contributed by atoms with Gasteiger partial charge in [0.15, 0.2) is 0 Å². The van der Waals surface area contributed by atoms with Crippen LogP contribution in [0.5, 0.6) is 0 Å². The molecule has 0 spiro atoms. The standard InChI is InChI=1S/C8H12S2/c1-5-7(6-2)8(9-3)10-4/h5-6H,1-2H2,3-4H3. The first-order valence-electron chi connectivity index (χ1n) is 2.87. The second-order valence-corrected chi connectivity index (χ2v) is 3.45. The molecule has 0 unspecified atom stereocenters. The zero-order valence-electron chi connectivity index (χ0n) is 6.39. The zero-order chi connectivity index (χ0) is 7.98. The van der Waals surface area contributed by atoms with Gasteiger partial charge in [0.1, 0.15) is 0 Å². The Morgan fingerprint density at radius 3 is 1.60 bits per heavy atom. The summed E-state index contributed by atoms with van der Waals surface area (Å²) in [6, 6.07) is 0. The van der Waals surface area contributed by atoms with E-state index in [0.29, 0.717) is 0 Å². The maximum atomic E-state index is 3.69. The Morgan fingerprint density at radius 1 is 1.10 bits per heavy atom. The summed E-state index contributed by atoms with van der Waals surface area (Å²) in [5.41, 5.74) is 1.12. The molecule has 56 valence electrons. The Bertz CT molecular complexity index is 141. The van der Waals surface area contributed by atoms with Crippen LogP contribution in [-0.4, -0.2) is 12.5 Å². The van der Waals surface area contributed by atoms with E-state index in [9.17, 15) is 0 Å². The highest BCUT2D eigenvalue weighted by atomic mass is 32.2. The van der Waals surface area contributed by atoms with Crippen molar-refractivity contribution in [1.82, 2.24) is 0 Å². The van der Waals surface area contributed by atoms with Crippen molar-refractivity contribution in [2.75, 3.05) is 12.5 Å². The zero-order valence-corrected chi connectivity index (χ0v) is 8.02. The lowest BCUT2D eigenvalue weighted by atomic mass is 10.3. The minimum Gasteiger partial charge on any atom is -0.122 e. The molecule has 0 N–H and O–H groups in total. The number of hydrogen-bond donors (Lipinski definition) is 0. The summed E-state index contributed by atoms with van der Waals surface area (Å²) >= 11 is 3.45. The average Bonchev–Trinajstić information content (AvgIpc) is 2.00. The molecule has 0 bridgehead atoms. The van der Waals surface area contributed by atoms with E-state index < -0.39 is 0 Å². The summed E-state index contributed by atoms with van der Waals surface area (Å²) in [4.78, 5) is 0. The van der Waals surface area contributed by atoms with Crippen molar-refractivity contribution >= 4 is 23.5 Å². The molecule has 0 aliphatic carbocycles. The number of thioether (sulfide) groups is 2. The Hall–Kier alpha value is -0.0800. The van der Waals surface area contributed by atoms with E-state index in [1.54, 1.807) is 23.5 Å². The molecule has 10 heavy (non-hydrogen) atoms. The Kier molecular flexibility index (Phi) is 5.64. The highest BCUT2D eigenvalue weighted by Gasteiger charge is 1.95. The maximum Gasteiger partial charge on any atom is 0.0468 e. The van der Waals surface area contributed by atoms with E-state index in [0.717, 1.165) is 5.57 Å². The smallest absolute Gasteiger partial charge is 0.0468 e. The van der Waals surface area contributed by atoms with Crippen LogP contribution >= 0.6 is 23.5 Å². The second kappa shape index (κ2) is 5.69. The lowest BCUT2D eigenvalue weighted by Gasteiger charge is -2.01. The molecule has 0 amide bonds. The molecule has 0 aromatic rings. The molecule has 2 heteroatoms. The molecular formula is C8H12S2. The van der Waals surface area contributed by atoms with Crippen LogP contribution in [0.25, 0.3) is 0 Å². The van der Waals surface area contributed by atoms with E-state index in [4.69, 9.17) is 0 Å². The molecule has 0 aliphatic heterocycles. The monoisotopic (exact) mass is 172 g/mol. The number of rotatable bonds is 4. The first-order valence-corrected chi connectivity index (χ1v) is 5.32. The van der Waals surface area contributed by atoms with Crippen molar-refractivity contribution in [2.45, 2.75) is 0 Å². The summed E-state index contributed by atoms with van der Waals surface area (Å²) in [5, 5.41) is 0. The van der Waals surface area contributed by atoms with Crippen molar-refractivity contribution in [1.29, 1.82) is 0 Å². The van der Waals surface area contributed by atoms with Gasteiger partial charge < -0.3 is 0 Å². The molecule has 0 rings (SSSR count). The van der Waals surface area contributed by atoms with Crippen LogP contribution in [0, 0.1) is 0 Å². The fourth-order valence-corrected chi connectivity index (χ4v) is 2.04. The van der Waals surface area contributed by atoms with Crippen molar-refractivity contribution < 1.29 is 0 Å². The van der Waals surface area contributed by atoms with Crippen LogP contribution in [0.4, 0.5) is 0 Å². The summed E-state index contributed by atoms with van der Waals surface area (Å²) in [6.45, 7) is 7.39. The van der Waals surface area contributed by atoms with E-state index in [2.05, 4.69) is 25.7 Å². The fraction of sp³-hybridized carbons (Fsp3) is 0.250. The van der Waals surface area contributed by atoms with Crippen molar-refractivity contribution in [3.63, 3.8) is 0 Å². The van der Waals surface area contributed by atoms with Gasteiger partial charge in [-0.05, 0) is 18.1 Å². The van der Waals surface area contributed by atoms with Crippen molar-refractivity contribution in [3.05, 3.63) is 35.1 Å². The lowest BCUT2D eigenvalue weighted by molar-refractivity contribution is 1.77.